The van der Waals surface area contributed by atoms with Crippen molar-refractivity contribution in [2.24, 2.45) is 0 Å². The number of benzene rings is 1. The highest BCUT2D eigenvalue weighted by atomic mass is 16.5. The van der Waals surface area contributed by atoms with Crippen molar-refractivity contribution in [1.29, 1.82) is 0 Å². The van der Waals surface area contributed by atoms with E-state index in [0.29, 0.717) is 24.8 Å². The Bertz CT molecular complexity index is 483. The van der Waals surface area contributed by atoms with Crippen LogP contribution in [-0.4, -0.2) is 43.0 Å². The first-order valence-corrected chi connectivity index (χ1v) is 7.75. The average molecular weight is 306 g/mol. The maximum Gasteiger partial charge on any atom is 0.260 e. The highest BCUT2D eigenvalue weighted by Crippen LogP contribution is 2.18. The van der Waals surface area contributed by atoms with Crippen LogP contribution in [0, 0.1) is 0 Å². The summed E-state index contributed by atoms with van der Waals surface area (Å²) in [7, 11) is 0. The molecule has 0 aliphatic heterocycles. The van der Waals surface area contributed by atoms with Crippen molar-refractivity contribution >= 4 is 11.8 Å². The molecular weight excluding hydrogens is 280 g/mol. The number of ether oxygens (including phenoxy) is 1. The molecule has 0 radical (unpaired) electrons. The topological polar surface area (TPSA) is 58.6 Å². The van der Waals surface area contributed by atoms with Gasteiger partial charge in [0, 0.05) is 13.1 Å². The van der Waals surface area contributed by atoms with E-state index in [-0.39, 0.29) is 25.0 Å². The SMILES string of the molecule is CCNC(=O)CN(CC)C(=O)COc1ccc(C(C)C)cc1. The molecule has 1 N–H and O–H groups in total. The van der Waals surface area contributed by atoms with Crippen LogP contribution < -0.4 is 10.1 Å². The summed E-state index contributed by atoms with van der Waals surface area (Å²) in [5.74, 6) is 0.774. The van der Waals surface area contributed by atoms with Crippen LogP contribution in [0.1, 0.15) is 39.2 Å². The van der Waals surface area contributed by atoms with Gasteiger partial charge in [-0.2, -0.15) is 0 Å². The molecule has 5 nitrogen and oxygen atoms in total. The minimum Gasteiger partial charge on any atom is -0.484 e. The van der Waals surface area contributed by atoms with Gasteiger partial charge in [-0.05, 0) is 37.5 Å². The number of hydrogen-bond acceptors (Lipinski definition) is 3. The van der Waals surface area contributed by atoms with Crippen molar-refractivity contribution in [1.82, 2.24) is 10.2 Å². The number of amides is 2. The fourth-order valence-electron chi connectivity index (χ4n) is 1.99. The largest absolute Gasteiger partial charge is 0.484 e. The van der Waals surface area contributed by atoms with Crippen LogP contribution in [0.5, 0.6) is 5.75 Å². The van der Waals surface area contributed by atoms with Crippen LogP contribution in [0.4, 0.5) is 0 Å². The Morgan fingerprint density at radius 2 is 1.82 bits per heavy atom. The van der Waals surface area contributed by atoms with Gasteiger partial charge in [0.1, 0.15) is 5.75 Å². The lowest BCUT2D eigenvalue weighted by Gasteiger charge is -2.20. The standard InChI is InChI=1S/C17H26N2O3/c1-5-18-16(20)11-19(6-2)17(21)12-22-15-9-7-14(8-10-15)13(3)4/h7-10,13H,5-6,11-12H2,1-4H3,(H,18,20). The Morgan fingerprint density at radius 1 is 1.18 bits per heavy atom. The number of nitrogens with zero attached hydrogens (tertiary/aromatic N) is 1. The van der Waals surface area contributed by atoms with Crippen molar-refractivity contribution in [3.05, 3.63) is 29.8 Å². The number of carbonyl (C=O) groups is 2. The Balaban J connectivity index is 2.50. The monoisotopic (exact) mass is 306 g/mol. The van der Waals surface area contributed by atoms with Crippen LogP contribution >= 0.6 is 0 Å². The maximum atomic E-state index is 12.1. The van der Waals surface area contributed by atoms with Crippen LogP contribution in [0.3, 0.4) is 0 Å². The fraction of sp³-hybridized carbons (Fsp3) is 0.529. The molecule has 0 saturated carbocycles. The lowest BCUT2D eigenvalue weighted by atomic mass is 10.0. The van der Waals surface area contributed by atoms with Gasteiger partial charge >= 0.3 is 0 Å². The normalized spacial score (nSPS) is 10.4. The van der Waals surface area contributed by atoms with Gasteiger partial charge in [-0.25, -0.2) is 0 Å². The minimum atomic E-state index is -0.193. The van der Waals surface area contributed by atoms with E-state index in [0.717, 1.165) is 0 Å². The molecule has 0 aliphatic rings. The molecule has 0 heterocycles. The smallest absolute Gasteiger partial charge is 0.260 e. The lowest BCUT2D eigenvalue weighted by Crippen LogP contribution is -2.42. The number of hydrogen-bond donors (Lipinski definition) is 1. The molecule has 0 saturated heterocycles. The highest BCUT2D eigenvalue weighted by molar-refractivity contribution is 5.85. The van der Waals surface area contributed by atoms with Crippen LogP contribution in [0.15, 0.2) is 24.3 Å². The number of carbonyl (C=O) groups excluding carboxylic acids is 2. The Kier molecular flexibility index (Phi) is 7.43. The first-order chi connectivity index (χ1) is 10.5. The summed E-state index contributed by atoms with van der Waals surface area (Å²) in [5, 5.41) is 2.68. The molecular formula is C17H26N2O3. The molecule has 0 unspecified atom stereocenters. The molecule has 5 heteroatoms. The summed E-state index contributed by atoms with van der Waals surface area (Å²) in [5.41, 5.74) is 1.23. The number of nitrogens with one attached hydrogen (secondary N) is 1. The molecule has 0 aromatic heterocycles. The summed E-state index contributed by atoms with van der Waals surface area (Å²) >= 11 is 0. The van der Waals surface area contributed by atoms with Crippen molar-refractivity contribution in [2.75, 3.05) is 26.2 Å². The zero-order chi connectivity index (χ0) is 16.5. The van der Waals surface area contributed by atoms with E-state index in [9.17, 15) is 9.59 Å². The van der Waals surface area contributed by atoms with Crippen molar-refractivity contribution in [3.63, 3.8) is 0 Å². The van der Waals surface area contributed by atoms with Gasteiger partial charge < -0.3 is 15.0 Å². The second-order valence-electron chi connectivity index (χ2n) is 5.37. The Labute approximate surface area is 132 Å². The van der Waals surface area contributed by atoms with Crippen molar-refractivity contribution < 1.29 is 14.3 Å². The average Bonchev–Trinajstić information content (AvgIpc) is 2.50. The fourth-order valence-corrected chi connectivity index (χ4v) is 1.99. The molecule has 0 aliphatic carbocycles. The van der Waals surface area contributed by atoms with Crippen LogP contribution in [0.2, 0.25) is 0 Å². The van der Waals surface area contributed by atoms with Crippen LogP contribution in [-0.2, 0) is 9.59 Å². The molecule has 1 aromatic rings. The zero-order valence-electron chi connectivity index (χ0n) is 13.9. The van der Waals surface area contributed by atoms with Gasteiger partial charge in [0.15, 0.2) is 6.61 Å². The summed E-state index contributed by atoms with van der Waals surface area (Å²) in [4.78, 5) is 25.1. The summed E-state index contributed by atoms with van der Waals surface area (Å²) in [6, 6.07) is 7.72. The molecule has 0 spiro atoms. The molecule has 22 heavy (non-hydrogen) atoms. The summed E-state index contributed by atoms with van der Waals surface area (Å²) < 4.78 is 5.50. The highest BCUT2D eigenvalue weighted by Gasteiger charge is 2.15. The van der Waals surface area contributed by atoms with Gasteiger partial charge in [-0.3, -0.25) is 9.59 Å². The second-order valence-corrected chi connectivity index (χ2v) is 5.37. The molecule has 1 rings (SSSR count). The predicted molar refractivity (Wildman–Crippen MR) is 87.0 cm³/mol. The third kappa shape index (κ3) is 5.76. The van der Waals surface area contributed by atoms with Crippen molar-refractivity contribution in [3.8, 4) is 5.75 Å². The van der Waals surface area contributed by atoms with Crippen molar-refractivity contribution in [2.45, 2.75) is 33.6 Å². The van der Waals surface area contributed by atoms with Gasteiger partial charge in [-0.15, -0.1) is 0 Å². The van der Waals surface area contributed by atoms with Gasteiger partial charge in [0.2, 0.25) is 5.91 Å². The van der Waals surface area contributed by atoms with Gasteiger partial charge in [0.05, 0.1) is 6.54 Å². The van der Waals surface area contributed by atoms with E-state index in [1.165, 1.54) is 10.5 Å². The molecule has 122 valence electrons. The Morgan fingerprint density at radius 3 is 2.32 bits per heavy atom. The van der Waals surface area contributed by atoms with E-state index < -0.39 is 0 Å². The second kappa shape index (κ2) is 9.07. The first-order valence-electron chi connectivity index (χ1n) is 7.75. The third-order valence-corrected chi connectivity index (χ3v) is 3.35. The third-order valence-electron chi connectivity index (χ3n) is 3.35. The lowest BCUT2D eigenvalue weighted by molar-refractivity contribution is -0.137. The summed E-state index contributed by atoms with van der Waals surface area (Å²) in [6.45, 7) is 8.98. The van der Waals surface area contributed by atoms with E-state index in [1.54, 1.807) is 0 Å². The first kappa shape index (κ1) is 18.0. The molecule has 2 amide bonds. The zero-order valence-corrected chi connectivity index (χ0v) is 13.9. The number of rotatable bonds is 8. The van der Waals surface area contributed by atoms with Crippen LogP contribution in [0.25, 0.3) is 0 Å². The van der Waals surface area contributed by atoms with E-state index in [1.807, 2.05) is 38.1 Å². The molecule has 0 atom stereocenters. The van der Waals surface area contributed by atoms with E-state index in [2.05, 4.69) is 19.2 Å². The molecule has 0 bridgehead atoms. The van der Waals surface area contributed by atoms with E-state index >= 15 is 0 Å². The number of likely N-dealkylation sites (N-methyl/N-ethyl adjacent to an activating group) is 2. The predicted octanol–water partition coefficient (Wildman–Crippen LogP) is 2.17. The molecule has 1 aromatic carbocycles. The van der Waals surface area contributed by atoms with Gasteiger partial charge in [-0.1, -0.05) is 26.0 Å². The quantitative estimate of drug-likeness (QED) is 0.801. The molecule has 0 fully saturated rings. The minimum absolute atomic E-state index is 0.0612. The Hall–Kier alpha value is -2.04. The van der Waals surface area contributed by atoms with Gasteiger partial charge in [0.25, 0.3) is 5.91 Å². The summed E-state index contributed by atoms with van der Waals surface area (Å²) in [6.07, 6.45) is 0. The van der Waals surface area contributed by atoms with E-state index in [4.69, 9.17) is 4.74 Å². The maximum absolute atomic E-state index is 12.1.